The second-order valence-corrected chi connectivity index (χ2v) is 9.18. The molecule has 2 aliphatic heterocycles. The number of rotatable bonds is 4. The molecule has 0 N–H and O–H groups in total. The van der Waals surface area contributed by atoms with Crippen molar-refractivity contribution < 1.29 is 9.13 Å². The van der Waals surface area contributed by atoms with Gasteiger partial charge in [-0.2, -0.15) is 4.98 Å². The molecule has 1 atom stereocenters. The summed E-state index contributed by atoms with van der Waals surface area (Å²) in [6.45, 7) is 9.07. The van der Waals surface area contributed by atoms with Gasteiger partial charge in [0, 0.05) is 56.6 Å². The van der Waals surface area contributed by atoms with E-state index in [4.69, 9.17) is 26.3 Å². The number of piperazine rings is 1. The van der Waals surface area contributed by atoms with Gasteiger partial charge in [-0.15, -0.1) is 0 Å². The fraction of sp³-hybridized carbons (Fsp3) is 0.400. The van der Waals surface area contributed by atoms with Crippen molar-refractivity contribution >= 4 is 29.2 Å². The molecule has 0 aliphatic carbocycles. The second-order valence-electron chi connectivity index (χ2n) is 8.77. The molecule has 2 aromatic heterocycles. The highest BCUT2D eigenvalue weighted by Gasteiger charge is 2.28. The zero-order valence-corrected chi connectivity index (χ0v) is 20.2. The number of anilines is 3. The van der Waals surface area contributed by atoms with E-state index in [0.29, 0.717) is 29.7 Å². The Morgan fingerprint density at radius 3 is 2.59 bits per heavy atom. The summed E-state index contributed by atoms with van der Waals surface area (Å²) in [6.07, 6.45) is 1.77. The number of aromatic nitrogens is 3. The zero-order chi connectivity index (χ0) is 23.7. The second kappa shape index (κ2) is 9.72. The fourth-order valence-corrected chi connectivity index (χ4v) is 4.77. The molecule has 2 fully saturated rings. The monoisotopic (exact) mass is 482 g/mol. The predicted octanol–water partition coefficient (Wildman–Crippen LogP) is 4.19. The van der Waals surface area contributed by atoms with Crippen LogP contribution in [0.25, 0.3) is 11.3 Å². The van der Waals surface area contributed by atoms with E-state index in [-0.39, 0.29) is 11.9 Å². The Bertz CT molecular complexity index is 1170. The van der Waals surface area contributed by atoms with Crippen LogP contribution in [-0.4, -0.2) is 66.9 Å². The SMILES string of the molecule is Cc1cc(-c2cc(N3CCN(c4ncccc4Cl)C[C@@H]3C)nc(N3CCOCC3)n2)ccc1F. The largest absolute Gasteiger partial charge is 0.378 e. The lowest BCUT2D eigenvalue weighted by molar-refractivity contribution is 0.122. The first kappa shape index (κ1) is 22.8. The standard InChI is InChI=1S/C25H28ClFN6O/c1-17-14-19(5-6-21(17)27)22-15-23(30-25(29-22)31-10-12-34-13-11-31)33-9-8-32(16-18(33)2)24-20(26)4-3-7-28-24/h3-7,14-15,18H,8-13,16H2,1-2H3/t18-/m0/s1. The van der Waals surface area contributed by atoms with Crippen molar-refractivity contribution in [1.82, 2.24) is 15.0 Å². The Balaban J connectivity index is 1.47. The number of hydrogen-bond acceptors (Lipinski definition) is 7. The van der Waals surface area contributed by atoms with Gasteiger partial charge in [0.2, 0.25) is 5.95 Å². The number of ether oxygens (including phenoxy) is 1. The summed E-state index contributed by atoms with van der Waals surface area (Å²) >= 11 is 6.40. The Morgan fingerprint density at radius 2 is 1.85 bits per heavy atom. The van der Waals surface area contributed by atoms with Crippen molar-refractivity contribution in [3.8, 4) is 11.3 Å². The van der Waals surface area contributed by atoms with Gasteiger partial charge in [-0.1, -0.05) is 11.6 Å². The molecule has 0 unspecified atom stereocenters. The molecule has 5 rings (SSSR count). The Labute approximate surface area is 204 Å². The van der Waals surface area contributed by atoms with Gasteiger partial charge in [0.05, 0.1) is 23.9 Å². The molecule has 0 amide bonds. The van der Waals surface area contributed by atoms with Crippen LogP contribution in [0.4, 0.5) is 22.0 Å². The normalized spacial score (nSPS) is 18.9. The highest BCUT2D eigenvalue weighted by molar-refractivity contribution is 6.32. The van der Waals surface area contributed by atoms with Crippen LogP contribution in [0.3, 0.4) is 0 Å². The number of halogens is 2. The molecule has 0 bridgehead atoms. The summed E-state index contributed by atoms with van der Waals surface area (Å²) in [5.74, 6) is 2.15. The first-order valence-electron chi connectivity index (χ1n) is 11.6. The van der Waals surface area contributed by atoms with Crippen molar-refractivity contribution in [2.75, 3.05) is 60.6 Å². The van der Waals surface area contributed by atoms with Gasteiger partial charge in [0.1, 0.15) is 17.5 Å². The van der Waals surface area contributed by atoms with Crippen molar-refractivity contribution in [3.63, 3.8) is 0 Å². The van der Waals surface area contributed by atoms with Gasteiger partial charge >= 0.3 is 0 Å². The maximum absolute atomic E-state index is 13.9. The summed E-state index contributed by atoms with van der Waals surface area (Å²) in [6, 6.07) is 11.0. The summed E-state index contributed by atoms with van der Waals surface area (Å²) in [4.78, 5) is 21.0. The molecule has 34 heavy (non-hydrogen) atoms. The Kier molecular flexibility index (Phi) is 6.52. The molecular formula is C25H28ClFN6O. The van der Waals surface area contributed by atoms with Crippen LogP contribution in [0.5, 0.6) is 0 Å². The van der Waals surface area contributed by atoms with Gasteiger partial charge in [0.25, 0.3) is 0 Å². The van der Waals surface area contributed by atoms with E-state index in [2.05, 4.69) is 26.6 Å². The van der Waals surface area contributed by atoms with Crippen LogP contribution in [0.2, 0.25) is 5.02 Å². The number of benzene rings is 1. The topological polar surface area (TPSA) is 57.6 Å². The molecule has 2 aliphatic rings. The molecule has 4 heterocycles. The van der Waals surface area contributed by atoms with Crippen LogP contribution in [0.15, 0.2) is 42.6 Å². The highest BCUT2D eigenvalue weighted by atomic mass is 35.5. The molecular weight excluding hydrogens is 455 g/mol. The first-order chi connectivity index (χ1) is 16.5. The van der Waals surface area contributed by atoms with Gasteiger partial charge in [-0.25, -0.2) is 14.4 Å². The number of morpholine rings is 1. The molecule has 0 radical (unpaired) electrons. The lowest BCUT2D eigenvalue weighted by Crippen LogP contribution is -2.53. The van der Waals surface area contributed by atoms with Crippen LogP contribution < -0.4 is 14.7 Å². The van der Waals surface area contributed by atoms with Gasteiger partial charge in [0.15, 0.2) is 0 Å². The summed E-state index contributed by atoms with van der Waals surface area (Å²) in [7, 11) is 0. The molecule has 2 saturated heterocycles. The molecule has 0 saturated carbocycles. The van der Waals surface area contributed by atoms with Gasteiger partial charge < -0.3 is 19.4 Å². The summed E-state index contributed by atoms with van der Waals surface area (Å²) in [5.41, 5.74) is 2.26. The van der Waals surface area contributed by atoms with Crippen LogP contribution in [-0.2, 0) is 4.74 Å². The minimum Gasteiger partial charge on any atom is -0.378 e. The number of aryl methyl sites for hydroxylation is 1. The number of pyridine rings is 1. The van der Waals surface area contributed by atoms with E-state index in [1.807, 2.05) is 24.3 Å². The fourth-order valence-electron chi connectivity index (χ4n) is 4.53. The molecule has 178 valence electrons. The molecule has 1 aromatic carbocycles. The van der Waals surface area contributed by atoms with E-state index in [9.17, 15) is 4.39 Å². The quantitative estimate of drug-likeness (QED) is 0.552. The maximum atomic E-state index is 13.9. The number of hydrogen-bond donors (Lipinski definition) is 0. The third-order valence-electron chi connectivity index (χ3n) is 6.41. The third kappa shape index (κ3) is 4.65. The van der Waals surface area contributed by atoms with Crippen LogP contribution in [0.1, 0.15) is 12.5 Å². The van der Waals surface area contributed by atoms with E-state index < -0.39 is 0 Å². The average molecular weight is 483 g/mol. The summed E-state index contributed by atoms with van der Waals surface area (Å²) < 4.78 is 19.4. The van der Waals surface area contributed by atoms with Gasteiger partial charge in [-0.05, 0) is 49.7 Å². The van der Waals surface area contributed by atoms with Crippen LogP contribution >= 0.6 is 11.6 Å². The smallest absolute Gasteiger partial charge is 0.228 e. The molecule has 3 aromatic rings. The van der Waals surface area contributed by atoms with Crippen molar-refractivity contribution in [3.05, 3.63) is 59.0 Å². The lowest BCUT2D eigenvalue weighted by atomic mass is 10.1. The first-order valence-corrected chi connectivity index (χ1v) is 12.0. The summed E-state index contributed by atoms with van der Waals surface area (Å²) in [5, 5.41) is 0.661. The average Bonchev–Trinajstić information content (AvgIpc) is 2.86. The minimum atomic E-state index is -0.218. The van der Waals surface area contributed by atoms with Crippen molar-refractivity contribution in [2.45, 2.75) is 19.9 Å². The molecule has 0 spiro atoms. The third-order valence-corrected chi connectivity index (χ3v) is 6.70. The van der Waals surface area contributed by atoms with E-state index in [1.54, 1.807) is 19.2 Å². The zero-order valence-electron chi connectivity index (χ0n) is 19.4. The van der Waals surface area contributed by atoms with E-state index >= 15 is 0 Å². The minimum absolute atomic E-state index is 0.182. The van der Waals surface area contributed by atoms with E-state index in [1.165, 1.54) is 6.07 Å². The maximum Gasteiger partial charge on any atom is 0.228 e. The van der Waals surface area contributed by atoms with Crippen molar-refractivity contribution in [2.24, 2.45) is 0 Å². The molecule has 7 nitrogen and oxygen atoms in total. The molecule has 9 heteroatoms. The van der Waals surface area contributed by atoms with E-state index in [0.717, 1.165) is 55.6 Å². The lowest BCUT2D eigenvalue weighted by Gasteiger charge is -2.41. The van der Waals surface area contributed by atoms with Gasteiger partial charge in [-0.3, -0.25) is 0 Å². The Morgan fingerprint density at radius 1 is 1.03 bits per heavy atom. The Hall–Kier alpha value is -2.97. The van der Waals surface area contributed by atoms with Crippen LogP contribution in [0, 0.1) is 12.7 Å². The number of nitrogens with zero attached hydrogens (tertiary/aromatic N) is 6. The highest BCUT2D eigenvalue weighted by Crippen LogP contribution is 2.30. The predicted molar refractivity (Wildman–Crippen MR) is 133 cm³/mol. The van der Waals surface area contributed by atoms with Crippen molar-refractivity contribution in [1.29, 1.82) is 0 Å².